The minimum atomic E-state index is -3.92. The average molecular weight is 416 g/mol. The summed E-state index contributed by atoms with van der Waals surface area (Å²) in [6, 6.07) is 3.03. The highest BCUT2D eigenvalue weighted by atomic mass is 79.9. The van der Waals surface area contributed by atoms with Crippen LogP contribution < -0.4 is 4.74 Å². The third-order valence-electron chi connectivity index (χ3n) is 3.66. The van der Waals surface area contributed by atoms with E-state index in [4.69, 9.17) is 27.0 Å². The SMILES string of the molecule is CC1CC(C)CC(Oc2c(Cl)cc(Br)cc2S(=O)(=O)Cl)C1. The second-order valence-corrected chi connectivity index (χ2v) is 9.67. The fraction of sp³-hybridized carbons (Fsp3) is 0.571. The van der Waals surface area contributed by atoms with Gasteiger partial charge in [0.25, 0.3) is 9.05 Å². The lowest BCUT2D eigenvalue weighted by Crippen LogP contribution is -2.29. The van der Waals surface area contributed by atoms with E-state index in [9.17, 15) is 8.42 Å². The number of rotatable bonds is 3. The lowest BCUT2D eigenvalue weighted by atomic mass is 9.82. The van der Waals surface area contributed by atoms with Crippen LogP contribution in [-0.2, 0) is 9.05 Å². The smallest absolute Gasteiger partial charge is 0.265 e. The van der Waals surface area contributed by atoms with Crippen molar-refractivity contribution in [2.75, 3.05) is 0 Å². The minimum Gasteiger partial charge on any atom is -0.487 e. The molecule has 1 aliphatic rings. The quantitative estimate of drug-likeness (QED) is 0.634. The zero-order valence-electron chi connectivity index (χ0n) is 11.8. The van der Waals surface area contributed by atoms with Gasteiger partial charge in [0.2, 0.25) is 0 Å². The van der Waals surface area contributed by atoms with Crippen LogP contribution in [0.4, 0.5) is 0 Å². The molecular weight excluding hydrogens is 399 g/mol. The topological polar surface area (TPSA) is 43.4 Å². The van der Waals surface area contributed by atoms with E-state index in [1.54, 1.807) is 6.07 Å². The fourth-order valence-corrected chi connectivity index (χ4v) is 5.02. The summed E-state index contributed by atoms with van der Waals surface area (Å²) in [6.07, 6.45) is 2.89. The maximum Gasteiger partial charge on any atom is 0.265 e. The van der Waals surface area contributed by atoms with Crippen LogP contribution in [0.15, 0.2) is 21.5 Å². The van der Waals surface area contributed by atoms with Gasteiger partial charge in [0.1, 0.15) is 4.90 Å². The summed E-state index contributed by atoms with van der Waals surface area (Å²) >= 11 is 9.38. The molecule has 21 heavy (non-hydrogen) atoms. The lowest BCUT2D eigenvalue weighted by molar-refractivity contribution is 0.0984. The predicted octanol–water partition coefficient (Wildman–Crippen LogP) is 5.23. The van der Waals surface area contributed by atoms with Crippen LogP contribution in [0.3, 0.4) is 0 Å². The summed E-state index contributed by atoms with van der Waals surface area (Å²) in [5.74, 6) is 1.24. The molecule has 0 bridgehead atoms. The normalized spacial score (nSPS) is 26.6. The maximum atomic E-state index is 11.7. The van der Waals surface area contributed by atoms with Crippen molar-refractivity contribution in [3.63, 3.8) is 0 Å². The highest BCUT2D eigenvalue weighted by molar-refractivity contribution is 9.10. The van der Waals surface area contributed by atoms with Gasteiger partial charge in [0.05, 0.1) is 11.1 Å². The second-order valence-electron chi connectivity index (χ2n) is 5.81. The molecule has 118 valence electrons. The summed E-state index contributed by atoms with van der Waals surface area (Å²) in [4.78, 5) is -0.0885. The Kier molecular flexibility index (Phi) is 5.50. The molecule has 7 heteroatoms. The number of ether oxygens (including phenoxy) is 1. The Morgan fingerprint density at radius 1 is 1.19 bits per heavy atom. The monoisotopic (exact) mass is 414 g/mol. The Morgan fingerprint density at radius 2 is 1.76 bits per heavy atom. The van der Waals surface area contributed by atoms with Gasteiger partial charge in [-0.1, -0.05) is 41.4 Å². The van der Waals surface area contributed by atoms with Crippen LogP contribution >= 0.6 is 38.2 Å². The van der Waals surface area contributed by atoms with E-state index in [0.29, 0.717) is 16.3 Å². The molecular formula is C14H17BrCl2O3S. The van der Waals surface area contributed by atoms with Crippen LogP contribution in [0.5, 0.6) is 5.75 Å². The molecule has 0 aliphatic heterocycles. The molecule has 2 unspecified atom stereocenters. The number of halogens is 3. The minimum absolute atomic E-state index is 0.0420. The first-order chi connectivity index (χ1) is 9.66. The first-order valence-electron chi connectivity index (χ1n) is 6.77. The highest BCUT2D eigenvalue weighted by Crippen LogP contribution is 2.40. The number of hydrogen-bond acceptors (Lipinski definition) is 3. The van der Waals surface area contributed by atoms with Gasteiger partial charge in [-0.2, -0.15) is 0 Å². The van der Waals surface area contributed by atoms with Crippen molar-refractivity contribution in [1.82, 2.24) is 0 Å². The summed E-state index contributed by atoms with van der Waals surface area (Å²) in [5, 5.41) is 0.245. The molecule has 0 spiro atoms. The van der Waals surface area contributed by atoms with Gasteiger partial charge < -0.3 is 4.74 Å². The summed E-state index contributed by atoms with van der Waals surface area (Å²) < 4.78 is 29.9. The van der Waals surface area contributed by atoms with Crippen LogP contribution in [-0.4, -0.2) is 14.5 Å². The van der Waals surface area contributed by atoms with Gasteiger partial charge in [0, 0.05) is 15.2 Å². The molecule has 1 aromatic carbocycles. The number of benzene rings is 1. The summed E-state index contributed by atoms with van der Waals surface area (Å²) in [5.41, 5.74) is 0. The first-order valence-corrected chi connectivity index (χ1v) is 10.2. The maximum absolute atomic E-state index is 11.7. The average Bonchev–Trinajstić information content (AvgIpc) is 2.29. The van der Waals surface area contributed by atoms with Gasteiger partial charge in [-0.15, -0.1) is 0 Å². The summed E-state index contributed by atoms with van der Waals surface area (Å²) in [7, 11) is 1.57. The molecule has 0 N–H and O–H groups in total. The van der Waals surface area contributed by atoms with E-state index in [1.165, 1.54) is 6.07 Å². The number of hydrogen-bond donors (Lipinski definition) is 0. The Bertz CT molecular complexity index is 623. The first kappa shape index (κ1) is 17.4. The van der Waals surface area contributed by atoms with Gasteiger partial charge in [-0.05, 0) is 43.2 Å². The largest absolute Gasteiger partial charge is 0.487 e. The van der Waals surface area contributed by atoms with Crippen molar-refractivity contribution < 1.29 is 13.2 Å². The van der Waals surface area contributed by atoms with Crippen molar-refractivity contribution in [2.45, 2.75) is 44.1 Å². The lowest BCUT2D eigenvalue weighted by Gasteiger charge is -2.32. The molecule has 1 fully saturated rings. The van der Waals surface area contributed by atoms with Gasteiger partial charge in [-0.3, -0.25) is 0 Å². The van der Waals surface area contributed by atoms with Crippen LogP contribution in [0, 0.1) is 11.8 Å². The standard InChI is InChI=1S/C14H17BrCl2O3S/c1-8-3-9(2)5-11(4-8)20-14-12(16)6-10(15)7-13(14)21(17,18)19/h6-9,11H,3-5H2,1-2H3. The molecule has 2 atom stereocenters. The van der Waals surface area contributed by atoms with Crippen molar-refractivity contribution in [3.05, 3.63) is 21.6 Å². The summed E-state index contributed by atoms with van der Waals surface area (Å²) in [6.45, 7) is 4.35. The molecule has 0 aromatic heterocycles. The Labute approximate surface area is 143 Å². The zero-order chi connectivity index (χ0) is 15.8. The molecule has 0 heterocycles. The molecule has 1 aromatic rings. The van der Waals surface area contributed by atoms with Crippen LogP contribution in [0.2, 0.25) is 5.02 Å². The van der Waals surface area contributed by atoms with E-state index in [-0.39, 0.29) is 21.8 Å². The third kappa shape index (κ3) is 4.50. The van der Waals surface area contributed by atoms with Gasteiger partial charge in [0.15, 0.2) is 5.75 Å². The van der Waals surface area contributed by atoms with E-state index in [0.717, 1.165) is 19.3 Å². The molecule has 0 amide bonds. The van der Waals surface area contributed by atoms with Gasteiger partial charge >= 0.3 is 0 Å². The Morgan fingerprint density at radius 3 is 2.29 bits per heavy atom. The molecule has 3 nitrogen and oxygen atoms in total. The van der Waals surface area contributed by atoms with E-state index in [2.05, 4.69) is 29.8 Å². The Hall–Kier alpha value is 0.0300. The van der Waals surface area contributed by atoms with Crippen LogP contribution in [0.1, 0.15) is 33.1 Å². The zero-order valence-corrected chi connectivity index (χ0v) is 15.7. The fourth-order valence-electron chi connectivity index (χ4n) is 2.97. The molecule has 0 radical (unpaired) electrons. The highest BCUT2D eigenvalue weighted by Gasteiger charge is 2.28. The molecule has 1 aliphatic carbocycles. The van der Waals surface area contributed by atoms with E-state index in [1.807, 2.05) is 0 Å². The predicted molar refractivity (Wildman–Crippen MR) is 88.8 cm³/mol. The third-order valence-corrected chi connectivity index (χ3v) is 5.72. The van der Waals surface area contributed by atoms with Crippen LogP contribution in [0.25, 0.3) is 0 Å². The van der Waals surface area contributed by atoms with Crippen molar-refractivity contribution in [2.24, 2.45) is 11.8 Å². The van der Waals surface area contributed by atoms with Crippen molar-refractivity contribution in [1.29, 1.82) is 0 Å². The molecule has 0 saturated heterocycles. The molecule has 1 saturated carbocycles. The second kappa shape index (κ2) is 6.65. The van der Waals surface area contributed by atoms with Crippen molar-refractivity contribution in [3.8, 4) is 5.75 Å². The Balaban J connectivity index is 2.35. The molecule has 2 rings (SSSR count). The van der Waals surface area contributed by atoms with E-state index >= 15 is 0 Å². The van der Waals surface area contributed by atoms with Gasteiger partial charge in [-0.25, -0.2) is 8.42 Å². The van der Waals surface area contributed by atoms with Crippen molar-refractivity contribution >= 4 is 47.3 Å². The van der Waals surface area contributed by atoms with E-state index < -0.39 is 9.05 Å².